The maximum Gasteiger partial charge on any atom is 0.416 e. The molecule has 0 radical (unpaired) electrons. The van der Waals surface area contributed by atoms with Crippen LogP contribution < -0.4 is 24.9 Å². The number of alkyl halides is 3. The lowest BCUT2D eigenvalue weighted by Crippen LogP contribution is -2.44. The largest absolute Gasteiger partial charge is 0.416 e. The van der Waals surface area contributed by atoms with Gasteiger partial charge in [-0.15, -0.1) is 11.8 Å². The Morgan fingerprint density at radius 3 is 1.99 bits per heavy atom. The third-order valence-corrected chi connectivity index (χ3v) is 21.0. The average Bonchev–Trinajstić information content (AvgIpc) is 0.814. The highest BCUT2D eigenvalue weighted by molar-refractivity contribution is 7.99. The molecule has 2 amide bonds. The molecule has 97 heavy (non-hydrogen) atoms. The van der Waals surface area contributed by atoms with E-state index in [2.05, 4.69) is 66.4 Å². The van der Waals surface area contributed by atoms with Crippen molar-refractivity contribution in [3.63, 3.8) is 0 Å². The summed E-state index contributed by atoms with van der Waals surface area (Å²) in [6, 6.07) is 28.2. The van der Waals surface area contributed by atoms with Crippen molar-refractivity contribution < 1.29 is 35.5 Å². The second-order valence-corrected chi connectivity index (χ2v) is 28.3. The number of aromatic nitrogens is 6. The van der Waals surface area contributed by atoms with Crippen LogP contribution >= 0.6 is 81.7 Å². The number of hydrogen-bond donors (Lipinski definition) is 1. The second-order valence-electron chi connectivity index (χ2n) is 23.6. The summed E-state index contributed by atoms with van der Waals surface area (Å²) in [5.41, 5.74) is 6.27. The first-order valence-corrected chi connectivity index (χ1v) is 35.3. The number of carbonyl (C=O) groups excluding carboxylic acids is 1. The molecule has 4 aliphatic rings. The summed E-state index contributed by atoms with van der Waals surface area (Å²) in [5, 5.41) is 5.61. The zero-order valence-electron chi connectivity index (χ0n) is 53.0. The number of rotatable bonds is 13. The van der Waals surface area contributed by atoms with Crippen LogP contribution in [0.25, 0.3) is 0 Å². The van der Waals surface area contributed by atoms with Gasteiger partial charge in [0, 0.05) is 89.7 Å². The number of amides is 2. The predicted molar refractivity (Wildman–Crippen MR) is 375 cm³/mol. The molecule has 4 aliphatic heterocycles. The number of urea groups is 1. The summed E-state index contributed by atoms with van der Waals surface area (Å²) in [6.45, 7) is 11.8. The van der Waals surface area contributed by atoms with E-state index in [4.69, 9.17) is 56.4 Å². The van der Waals surface area contributed by atoms with Gasteiger partial charge in [-0.2, -0.15) is 13.2 Å². The van der Waals surface area contributed by atoms with Gasteiger partial charge in [0.05, 0.1) is 68.0 Å². The molecule has 7 heterocycles. The fraction of sp³-hybridized carbons (Fsp3) is 0.300. The third-order valence-electron chi connectivity index (χ3n) is 16.7. The van der Waals surface area contributed by atoms with Crippen LogP contribution in [0.1, 0.15) is 82.7 Å². The number of likely N-dealkylation sites (N-methyl/N-ethyl adjacent to an activating group) is 1. The van der Waals surface area contributed by atoms with E-state index in [0.29, 0.717) is 81.3 Å². The Hall–Kier alpha value is -7.09. The van der Waals surface area contributed by atoms with E-state index in [1.807, 2.05) is 54.8 Å². The van der Waals surface area contributed by atoms with Gasteiger partial charge in [-0.25, -0.2) is 37.3 Å². The highest BCUT2D eigenvalue weighted by atomic mass is 35.5. The van der Waals surface area contributed by atoms with Crippen molar-refractivity contribution in [1.29, 1.82) is 0 Å². The van der Waals surface area contributed by atoms with Crippen LogP contribution in [0.4, 0.5) is 64.4 Å². The summed E-state index contributed by atoms with van der Waals surface area (Å²) in [6.07, 6.45) is 5.50. The first kappa shape index (κ1) is 71.2. The number of piperazine rings is 1. The molecule has 1 fully saturated rings. The minimum atomic E-state index is -4.39. The fourth-order valence-electron chi connectivity index (χ4n) is 11.5. The number of halogens is 11. The number of nitrogens with zero attached hydrogens (tertiary/aromatic N) is 11. The van der Waals surface area contributed by atoms with Gasteiger partial charge in [0.1, 0.15) is 38.3 Å². The second kappa shape index (κ2) is 31.8. The lowest BCUT2D eigenvalue weighted by atomic mass is 10.0. The number of thioether (sulfide) groups is 1. The number of nitrogens with one attached hydrogen (secondary N) is 1. The smallest absolute Gasteiger partial charge is 0.369 e. The van der Waals surface area contributed by atoms with Gasteiger partial charge in [0.15, 0.2) is 17.5 Å². The van der Waals surface area contributed by atoms with Gasteiger partial charge in [-0.05, 0) is 162 Å². The standard InChI is InChI=1S/C26H28ClF2N5S.C23H20ClF3N4OS.C21H17Cl2F2N3S/c1-17(24-20(28)8-9-21(29)25(24)27)34-10-4-7-22-26(34)31-23(16-30-22)35-19-6-3-5-18(15-19)33-13-11-32(2)12-14-33;1-14-7-8-17(24)19(10-14)29-22(32)31-9-3-6-18-21(31)30-20(12-28-18)33-13-15-4-2-5-16(11-15)23(25,26)27;1-12-9-13(22)4-7-18(12)29-19-10-26-17-3-2-8-28(21(17)27-19)11-14-15(24)5-6-16(25)20(14)23/h3,5-6,8-9,15-17H,4,7,10-14H2,1-2H3;2,4-5,7-8,10-12H,3,6,9,13H2,1H3,(H,29,32);4-7,9-10H,2-3,8,11H2,1H3. The predicted octanol–water partition coefficient (Wildman–Crippen LogP) is 19.0. The normalized spacial score (nSPS) is 14.9. The van der Waals surface area contributed by atoms with Crippen LogP contribution in [-0.4, -0.2) is 93.7 Å². The number of hydrogen-bond acceptors (Lipinski definition) is 14. The molecule has 1 saturated heterocycles. The first-order chi connectivity index (χ1) is 46.5. The van der Waals surface area contributed by atoms with E-state index in [-0.39, 0.29) is 33.7 Å². The van der Waals surface area contributed by atoms with E-state index >= 15 is 0 Å². The Bertz CT molecular complexity index is 4350. The molecular formula is C70H65Cl4F7N12OS3. The maximum absolute atomic E-state index is 14.7. The van der Waals surface area contributed by atoms with E-state index < -0.39 is 41.1 Å². The highest BCUT2D eigenvalue weighted by Crippen LogP contribution is 2.41. The van der Waals surface area contributed by atoms with Crippen molar-refractivity contribution in [3.8, 4) is 0 Å². The van der Waals surface area contributed by atoms with Crippen LogP contribution in [0.2, 0.25) is 20.1 Å². The van der Waals surface area contributed by atoms with E-state index in [9.17, 15) is 35.5 Å². The molecule has 1 N–H and O–H groups in total. The minimum absolute atomic E-state index is 0.132. The first-order valence-electron chi connectivity index (χ1n) is 31.2. The maximum atomic E-state index is 14.7. The van der Waals surface area contributed by atoms with Gasteiger partial charge in [-0.3, -0.25) is 19.9 Å². The summed E-state index contributed by atoms with van der Waals surface area (Å²) < 4.78 is 95.8. The zero-order chi connectivity index (χ0) is 68.7. The van der Waals surface area contributed by atoms with Crippen molar-refractivity contribution in [1.82, 2.24) is 34.8 Å². The Morgan fingerprint density at radius 1 is 0.629 bits per heavy atom. The molecule has 0 saturated carbocycles. The number of benzene rings is 6. The number of fused-ring (bicyclic) bond motifs is 3. The van der Waals surface area contributed by atoms with Crippen LogP contribution in [0, 0.1) is 37.1 Å². The molecule has 13 nitrogen and oxygen atoms in total. The van der Waals surface area contributed by atoms with Crippen LogP contribution in [-0.2, 0) is 37.7 Å². The van der Waals surface area contributed by atoms with Crippen molar-refractivity contribution in [2.75, 3.05) is 77.8 Å². The molecule has 3 aromatic heterocycles. The molecule has 506 valence electrons. The SMILES string of the molecule is CC(c1c(F)ccc(F)c1Cl)N1CCCc2ncc(Sc3cccc(N4CCN(C)CC4)c3)nc21.Cc1cc(Cl)ccc1Sc1cnc2c(n1)N(Cc1c(F)ccc(F)c1Cl)CCC2.Cc1ccc(Cl)c(NC(=O)N2CCCc3ncc(SCc4cccc(C(F)(F)F)c4)nc32)c1. The Balaban J connectivity index is 0.000000148. The minimum Gasteiger partial charge on any atom is -0.369 e. The summed E-state index contributed by atoms with van der Waals surface area (Å²) in [4.78, 5) is 53.3. The topological polar surface area (TPSA) is 123 Å². The van der Waals surface area contributed by atoms with Gasteiger partial charge in [0.2, 0.25) is 0 Å². The van der Waals surface area contributed by atoms with Crippen molar-refractivity contribution >= 4 is 117 Å². The van der Waals surface area contributed by atoms with Gasteiger partial charge in [0.25, 0.3) is 0 Å². The average molecular weight is 1460 g/mol. The monoisotopic (exact) mass is 1460 g/mol. The molecule has 9 aromatic rings. The number of anilines is 5. The third kappa shape index (κ3) is 17.7. The fourth-order valence-corrected chi connectivity index (χ4v) is 14.8. The molecule has 1 atom stereocenters. The van der Waals surface area contributed by atoms with Gasteiger partial charge >= 0.3 is 12.2 Å². The van der Waals surface area contributed by atoms with Crippen molar-refractivity contribution in [2.24, 2.45) is 0 Å². The van der Waals surface area contributed by atoms with E-state index in [1.54, 1.807) is 48.6 Å². The summed E-state index contributed by atoms with van der Waals surface area (Å²) in [5.74, 6) is -0.152. The van der Waals surface area contributed by atoms with Crippen LogP contribution in [0.5, 0.6) is 0 Å². The molecular weight excluding hydrogens is 1400 g/mol. The highest BCUT2D eigenvalue weighted by Gasteiger charge is 2.33. The number of carbonyl (C=O) groups is 1. The van der Waals surface area contributed by atoms with E-state index in [0.717, 1.165) is 137 Å². The van der Waals surface area contributed by atoms with Crippen LogP contribution in [0.15, 0.2) is 153 Å². The Labute approximate surface area is 590 Å². The Kier molecular flexibility index (Phi) is 23.4. The molecule has 0 spiro atoms. The van der Waals surface area contributed by atoms with Gasteiger partial charge < -0.3 is 24.9 Å². The zero-order valence-corrected chi connectivity index (χ0v) is 58.5. The molecule has 27 heteroatoms. The number of aryl methyl sites for hydroxylation is 5. The van der Waals surface area contributed by atoms with Gasteiger partial charge in [-0.1, -0.05) is 100 Å². The van der Waals surface area contributed by atoms with E-state index in [1.165, 1.54) is 40.2 Å². The molecule has 6 aromatic carbocycles. The lowest BCUT2D eigenvalue weighted by molar-refractivity contribution is -0.137. The molecule has 1 unspecified atom stereocenters. The van der Waals surface area contributed by atoms with Crippen molar-refractivity contribution in [3.05, 3.63) is 222 Å². The molecule has 0 aliphatic carbocycles. The molecule has 13 rings (SSSR count). The van der Waals surface area contributed by atoms with Crippen LogP contribution in [0.3, 0.4) is 0 Å². The summed E-state index contributed by atoms with van der Waals surface area (Å²) >= 11 is 28.8. The summed E-state index contributed by atoms with van der Waals surface area (Å²) in [7, 11) is 2.15. The van der Waals surface area contributed by atoms with Crippen molar-refractivity contribution in [2.45, 2.75) is 109 Å². The lowest BCUT2D eigenvalue weighted by Gasteiger charge is -2.35. The molecule has 0 bridgehead atoms. The Morgan fingerprint density at radius 2 is 1.26 bits per heavy atom. The quantitative estimate of drug-likeness (QED) is 0.0669.